The lowest BCUT2D eigenvalue weighted by Gasteiger charge is -2.11. The molecule has 4 nitrogen and oxygen atoms in total. The Bertz CT molecular complexity index is 492. The Morgan fingerprint density at radius 1 is 1.17 bits per heavy atom. The third-order valence-corrected chi connectivity index (χ3v) is 4.13. The number of hydrogen-bond acceptors (Lipinski definition) is 4. The van der Waals surface area contributed by atoms with Crippen LogP contribution in [0.3, 0.4) is 0 Å². The molecule has 0 aromatic heterocycles. The minimum absolute atomic E-state index is 0.332. The van der Waals surface area contributed by atoms with Crippen LogP contribution in [0.15, 0.2) is 18.2 Å². The van der Waals surface area contributed by atoms with E-state index in [1.54, 1.807) is 12.1 Å². The number of carbonyl (C=O) groups excluding carboxylic acids is 1. The first kappa shape index (κ1) is 20.8. The summed E-state index contributed by atoms with van der Waals surface area (Å²) in [5, 5.41) is 3.90. The molecule has 5 heteroatoms. The summed E-state index contributed by atoms with van der Waals surface area (Å²) in [6.07, 6.45) is 7.58. The molecule has 1 N–H and O–H groups in total. The van der Waals surface area contributed by atoms with E-state index < -0.39 is 0 Å². The van der Waals surface area contributed by atoms with E-state index >= 15 is 0 Å². The van der Waals surface area contributed by atoms with Gasteiger partial charge in [-0.15, -0.1) is 0 Å². The van der Waals surface area contributed by atoms with Crippen LogP contribution >= 0.6 is 11.6 Å². The maximum absolute atomic E-state index is 12.0. The van der Waals surface area contributed by atoms with Crippen molar-refractivity contribution >= 4 is 23.3 Å². The van der Waals surface area contributed by atoms with Crippen molar-refractivity contribution in [3.63, 3.8) is 0 Å². The summed E-state index contributed by atoms with van der Waals surface area (Å²) in [6, 6.07) is 5.28. The van der Waals surface area contributed by atoms with Gasteiger partial charge in [-0.1, -0.05) is 50.6 Å². The van der Waals surface area contributed by atoms with E-state index in [-0.39, 0.29) is 5.97 Å². The van der Waals surface area contributed by atoms with Gasteiger partial charge in [0, 0.05) is 13.1 Å². The van der Waals surface area contributed by atoms with Crippen molar-refractivity contribution in [3.05, 3.63) is 28.8 Å². The van der Waals surface area contributed by atoms with Crippen LogP contribution in [0.25, 0.3) is 0 Å². The first-order valence-corrected chi connectivity index (χ1v) is 9.27. The lowest BCUT2D eigenvalue weighted by atomic mass is 10.1. The number of halogens is 1. The van der Waals surface area contributed by atoms with Gasteiger partial charge in [0.2, 0.25) is 0 Å². The second-order valence-electron chi connectivity index (χ2n) is 6.33. The Hall–Kier alpha value is -1.26. The third-order valence-electron chi connectivity index (χ3n) is 3.82. The van der Waals surface area contributed by atoms with Gasteiger partial charge in [-0.2, -0.15) is 0 Å². The van der Waals surface area contributed by atoms with Crippen LogP contribution in [-0.2, 0) is 4.74 Å². The Balaban J connectivity index is 2.34. The van der Waals surface area contributed by atoms with Crippen molar-refractivity contribution < 1.29 is 9.53 Å². The number of benzene rings is 1. The molecule has 0 amide bonds. The molecule has 1 rings (SSSR count). The topological polar surface area (TPSA) is 41.6 Å². The number of nitrogens with one attached hydrogen (secondary N) is 1. The van der Waals surface area contributed by atoms with Gasteiger partial charge in [0.25, 0.3) is 0 Å². The number of anilines is 1. The van der Waals surface area contributed by atoms with Crippen LogP contribution in [0.4, 0.5) is 5.69 Å². The Kier molecular flexibility index (Phi) is 10.5. The molecule has 0 spiro atoms. The molecule has 0 radical (unpaired) electrons. The molecule has 0 heterocycles. The number of rotatable bonds is 12. The molecule has 0 aliphatic carbocycles. The number of esters is 1. The van der Waals surface area contributed by atoms with E-state index in [1.807, 2.05) is 25.1 Å². The smallest absolute Gasteiger partial charge is 0.338 e. The number of likely N-dealkylation sites (N-methyl/N-ethyl adjacent to an activating group) is 1. The minimum Gasteiger partial charge on any atom is -0.461 e. The lowest BCUT2D eigenvalue weighted by molar-refractivity contribution is 0.0482. The standard InChI is InChI=1S/C19H31ClN2O2/c1-4-5-6-7-8-9-12-21-18-11-10-16(15-17(18)20)19(23)24-14-13-22(2)3/h10-11,15,21H,4-9,12-14H2,1-3H3. The maximum atomic E-state index is 12.0. The number of unbranched alkanes of at least 4 members (excludes halogenated alkanes) is 5. The fraction of sp³-hybridized carbons (Fsp3) is 0.632. The SMILES string of the molecule is CCCCCCCCNc1ccc(C(=O)OCCN(C)C)cc1Cl. The highest BCUT2D eigenvalue weighted by Crippen LogP contribution is 2.23. The van der Waals surface area contributed by atoms with E-state index in [9.17, 15) is 4.79 Å². The lowest BCUT2D eigenvalue weighted by Crippen LogP contribution is -2.20. The van der Waals surface area contributed by atoms with Crippen LogP contribution in [0.1, 0.15) is 55.8 Å². The van der Waals surface area contributed by atoms with Crippen molar-refractivity contribution in [3.8, 4) is 0 Å². The van der Waals surface area contributed by atoms with Gasteiger partial charge in [-0.05, 0) is 38.7 Å². The van der Waals surface area contributed by atoms with Gasteiger partial charge in [0.05, 0.1) is 16.3 Å². The minimum atomic E-state index is -0.332. The third kappa shape index (κ3) is 8.55. The van der Waals surface area contributed by atoms with Crippen LogP contribution in [0, 0.1) is 0 Å². The molecule has 0 aliphatic heterocycles. The summed E-state index contributed by atoms with van der Waals surface area (Å²) in [5.74, 6) is -0.332. The molecular weight excluding hydrogens is 324 g/mol. The highest BCUT2D eigenvalue weighted by molar-refractivity contribution is 6.33. The van der Waals surface area contributed by atoms with Crippen LogP contribution in [-0.4, -0.2) is 44.7 Å². The summed E-state index contributed by atoms with van der Waals surface area (Å²) >= 11 is 6.26. The van der Waals surface area contributed by atoms with Crippen molar-refractivity contribution in [2.45, 2.75) is 45.4 Å². The van der Waals surface area contributed by atoms with E-state index in [4.69, 9.17) is 16.3 Å². The predicted molar refractivity (Wildman–Crippen MR) is 102 cm³/mol. The maximum Gasteiger partial charge on any atom is 0.338 e. The molecule has 0 atom stereocenters. The molecule has 24 heavy (non-hydrogen) atoms. The van der Waals surface area contributed by atoms with Gasteiger partial charge in [-0.25, -0.2) is 4.79 Å². The Morgan fingerprint density at radius 2 is 1.88 bits per heavy atom. The first-order valence-electron chi connectivity index (χ1n) is 8.90. The van der Waals surface area contributed by atoms with Crippen molar-refractivity contribution in [2.24, 2.45) is 0 Å². The van der Waals surface area contributed by atoms with E-state index in [1.165, 1.54) is 32.1 Å². The average molecular weight is 355 g/mol. The summed E-state index contributed by atoms with van der Waals surface area (Å²) in [4.78, 5) is 13.9. The predicted octanol–water partition coefficient (Wildman–Crippen LogP) is 4.83. The van der Waals surface area contributed by atoms with Crippen LogP contribution < -0.4 is 5.32 Å². The zero-order valence-electron chi connectivity index (χ0n) is 15.2. The highest BCUT2D eigenvalue weighted by atomic mass is 35.5. The normalized spacial score (nSPS) is 10.9. The average Bonchev–Trinajstić information content (AvgIpc) is 2.54. The van der Waals surface area contributed by atoms with E-state index in [2.05, 4.69) is 12.2 Å². The van der Waals surface area contributed by atoms with Crippen LogP contribution in [0.5, 0.6) is 0 Å². The second kappa shape index (κ2) is 12.2. The molecule has 0 bridgehead atoms. The molecule has 1 aromatic carbocycles. The number of hydrogen-bond donors (Lipinski definition) is 1. The van der Waals surface area contributed by atoms with Gasteiger partial charge in [0.1, 0.15) is 6.61 Å². The fourth-order valence-corrected chi connectivity index (χ4v) is 2.57. The van der Waals surface area contributed by atoms with Crippen molar-refractivity contribution in [1.29, 1.82) is 0 Å². The van der Waals surface area contributed by atoms with E-state index in [0.29, 0.717) is 23.7 Å². The quantitative estimate of drug-likeness (QED) is 0.431. The second-order valence-corrected chi connectivity index (χ2v) is 6.74. The highest BCUT2D eigenvalue weighted by Gasteiger charge is 2.10. The molecule has 0 aliphatic rings. The molecule has 0 fully saturated rings. The van der Waals surface area contributed by atoms with Gasteiger partial charge in [0.15, 0.2) is 0 Å². The molecule has 136 valence electrons. The van der Waals surface area contributed by atoms with Gasteiger partial charge >= 0.3 is 5.97 Å². The monoisotopic (exact) mass is 354 g/mol. The Morgan fingerprint density at radius 3 is 2.54 bits per heavy atom. The summed E-state index contributed by atoms with van der Waals surface area (Å²) < 4.78 is 5.22. The molecule has 0 saturated heterocycles. The molecule has 0 saturated carbocycles. The molecule has 1 aromatic rings. The zero-order chi connectivity index (χ0) is 17.8. The number of nitrogens with zero attached hydrogens (tertiary/aromatic N) is 1. The van der Waals surface area contributed by atoms with E-state index in [0.717, 1.165) is 18.7 Å². The zero-order valence-corrected chi connectivity index (χ0v) is 16.0. The van der Waals surface area contributed by atoms with Gasteiger partial charge < -0.3 is 15.0 Å². The molecular formula is C19H31ClN2O2. The molecule has 0 unspecified atom stereocenters. The largest absolute Gasteiger partial charge is 0.461 e. The fourth-order valence-electron chi connectivity index (χ4n) is 2.32. The number of ether oxygens (including phenoxy) is 1. The summed E-state index contributed by atoms with van der Waals surface area (Å²) in [6.45, 7) is 4.21. The first-order chi connectivity index (χ1) is 11.5. The number of carbonyl (C=O) groups is 1. The summed E-state index contributed by atoms with van der Waals surface area (Å²) in [7, 11) is 3.88. The van der Waals surface area contributed by atoms with Crippen molar-refractivity contribution in [2.75, 3.05) is 39.1 Å². The van der Waals surface area contributed by atoms with Crippen molar-refractivity contribution in [1.82, 2.24) is 4.90 Å². The Labute approximate surface area is 151 Å². The van der Waals surface area contributed by atoms with Crippen LogP contribution in [0.2, 0.25) is 5.02 Å². The van der Waals surface area contributed by atoms with Gasteiger partial charge in [-0.3, -0.25) is 0 Å². The summed E-state index contributed by atoms with van der Waals surface area (Å²) in [5.41, 5.74) is 1.36.